The van der Waals surface area contributed by atoms with Gasteiger partial charge >= 0.3 is 6.09 Å². The Hall–Kier alpha value is -2.24. The standard InChI is InChI=1S/C16H22N2O4/c1-11(2)9-18-13(10-22-16(18)20)15(19)17-8-12-6-4-5-7-14(12)21-3/h4-7,11,13H,8-10H2,1-3H3,(H,17,19)/t13-/m0/s1. The molecular weight excluding hydrogens is 284 g/mol. The van der Waals surface area contributed by atoms with Crippen molar-refractivity contribution in [3.8, 4) is 5.75 Å². The van der Waals surface area contributed by atoms with Crippen LogP contribution in [0.25, 0.3) is 0 Å². The largest absolute Gasteiger partial charge is 0.496 e. The van der Waals surface area contributed by atoms with Crippen molar-refractivity contribution in [1.29, 1.82) is 0 Å². The van der Waals surface area contributed by atoms with Crippen molar-refractivity contribution < 1.29 is 19.1 Å². The summed E-state index contributed by atoms with van der Waals surface area (Å²) in [6.07, 6.45) is -0.425. The highest BCUT2D eigenvalue weighted by atomic mass is 16.6. The molecule has 1 aromatic rings. The molecule has 0 saturated carbocycles. The number of para-hydroxylation sites is 1. The van der Waals surface area contributed by atoms with Crippen LogP contribution in [0.4, 0.5) is 4.79 Å². The Morgan fingerprint density at radius 1 is 1.45 bits per heavy atom. The fourth-order valence-corrected chi connectivity index (χ4v) is 2.41. The van der Waals surface area contributed by atoms with Gasteiger partial charge in [0.25, 0.3) is 0 Å². The Balaban J connectivity index is 1.98. The average Bonchev–Trinajstić information content (AvgIpc) is 2.85. The number of nitrogens with one attached hydrogen (secondary N) is 1. The predicted molar refractivity (Wildman–Crippen MR) is 81.5 cm³/mol. The fraction of sp³-hybridized carbons (Fsp3) is 0.500. The van der Waals surface area contributed by atoms with Crippen molar-refractivity contribution in [3.63, 3.8) is 0 Å². The van der Waals surface area contributed by atoms with Crippen LogP contribution in [0.15, 0.2) is 24.3 Å². The minimum Gasteiger partial charge on any atom is -0.496 e. The van der Waals surface area contributed by atoms with E-state index in [0.29, 0.717) is 13.1 Å². The zero-order chi connectivity index (χ0) is 16.1. The highest BCUT2D eigenvalue weighted by Gasteiger charge is 2.38. The highest BCUT2D eigenvalue weighted by molar-refractivity contribution is 5.87. The molecule has 22 heavy (non-hydrogen) atoms. The van der Waals surface area contributed by atoms with Crippen LogP contribution in [0, 0.1) is 5.92 Å². The maximum absolute atomic E-state index is 12.3. The van der Waals surface area contributed by atoms with E-state index in [9.17, 15) is 9.59 Å². The molecule has 0 unspecified atom stereocenters. The molecule has 2 rings (SSSR count). The molecule has 1 aliphatic heterocycles. The number of nitrogens with zero attached hydrogens (tertiary/aromatic N) is 1. The molecule has 0 aromatic heterocycles. The van der Waals surface area contributed by atoms with Gasteiger partial charge in [0, 0.05) is 18.7 Å². The van der Waals surface area contributed by atoms with E-state index in [1.807, 2.05) is 38.1 Å². The molecule has 1 aromatic carbocycles. The smallest absolute Gasteiger partial charge is 0.410 e. The summed E-state index contributed by atoms with van der Waals surface area (Å²) in [5.41, 5.74) is 0.888. The second kappa shape index (κ2) is 7.15. The topological polar surface area (TPSA) is 67.9 Å². The number of hydrogen-bond donors (Lipinski definition) is 1. The second-order valence-electron chi connectivity index (χ2n) is 5.67. The molecule has 0 aliphatic carbocycles. The van der Waals surface area contributed by atoms with Gasteiger partial charge in [0.1, 0.15) is 18.4 Å². The van der Waals surface area contributed by atoms with Crippen LogP contribution in [0.2, 0.25) is 0 Å². The molecule has 1 saturated heterocycles. The van der Waals surface area contributed by atoms with Gasteiger partial charge in [-0.1, -0.05) is 32.0 Å². The summed E-state index contributed by atoms with van der Waals surface area (Å²) in [4.78, 5) is 25.5. The Kier molecular flexibility index (Phi) is 5.25. The molecule has 1 aliphatic rings. The van der Waals surface area contributed by atoms with Crippen LogP contribution in [-0.4, -0.2) is 43.2 Å². The molecule has 6 nitrogen and oxygen atoms in total. The lowest BCUT2D eigenvalue weighted by atomic mass is 10.1. The Labute approximate surface area is 130 Å². The van der Waals surface area contributed by atoms with Gasteiger partial charge in [-0.25, -0.2) is 4.79 Å². The summed E-state index contributed by atoms with van der Waals surface area (Å²) in [5.74, 6) is 0.785. The predicted octanol–water partition coefficient (Wildman–Crippen LogP) is 1.79. The third-order valence-corrected chi connectivity index (χ3v) is 3.49. The number of hydrogen-bond acceptors (Lipinski definition) is 4. The fourth-order valence-electron chi connectivity index (χ4n) is 2.41. The van der Waals surface area contributed by atoms with E-state index < -0.39 is 12.1 Å². The number of methoxy groups -OCH3 is 1. The summed E-state index contributed by atoms with van der Waals surface area (Å²) in [6, 6.07) is 6.93. The summed E-state index contributed by atoms with van der Waals surface area (Å²) in [7, 11) is 1.59. The number of cyclic esters (lactones) is 1. The van der Waals surface area contributed by atoms with Gasteiger partial charge in [-0.15, -0.1) is 0 Å². The zero-order valence-electron chi connectivity index (χ0n) is 13.2. The third kappa shape index (κ3) is 3.69. The van der Waals surface area contributed by atoms with Crippen LogP contribution in [0.1, 0.15) is 19.4 Å². The number of carbonyl (C=O) groups excluding carboxylic acids is 2. The summed E-state index contributed by atoms with van der Waals surface area (Å²) in [6.45, 7) is 4.95. The first-order valence-corrected chi connectivity index (χ1v) is 7.36. The highest BCUT2D eigenvalue weighted by Crippen LogP contribution is 2.18. The Morgan fingerprint density at radius 2 is 2.18 bits per heavy atom. The quantitative estimate of drug-likeness (QED) is 0.870. The lowest BCUT2D eigenvalue weighted by Crippen LogP contribution is -2.46. The number of benzene rings is 1. The van der Waals surface area contributed by atoms with E-state index >= 15 is 0 Å². The maximum Gasteiger partial charge on any atom is 0.410 e. The second-order valence-corrected chi connectivity index (χ2v) is 5.67. The number of carbonyl (C=O) groups is 2. The molecule has 1 fully saturated rings. The van der Waals surface area contributed by atoms with Crippen molar-refractivity contribution in [1.82, 2.24) is 10.2 Å². The molecule has 2 amide bonds. The molecule has 0 radical (unpaired) electrons. The summed E-state index contributed by atoms with van der Waals surface area (Å²) >= 11 is 0. The third-order valence-electron chi connectivity index (χ3n) is 3.49. The minimum absolute atomic E-state index is 0.101. The van der Waals surface area contributed by atoms with Crippen molar-refractivity contribution in [3.05, 3.63) is 29.8 Å². The summed E-state index contributed by atoms with van der Waals surface area (Å²) < 4.78 is 10.3. The van der Waals surface area contributed by atoms with Gasteiger partial charge in [0.05, 0.1) is 7.11 Å². The van der Waals surface area contributed by atoms with E-state index in [2.05, 4.69) is 5.32 Å². The van der Waals surface area contributed by atoms with Gasteiger partial charge in [-0.2, -0.15) is 0 Å². The van der Waals surface area contributed by atoms with Gasteiger partial charge in [0.2, 0.25) is 5.91 Å². The van der Waals surface area contributed by atoms with Crippen molar-refractivity contribution in [2.24, 2.45) is 5.92 Å². The molecule has 6 heteroatoms. The molecular formula is C16H22N2O4. The number of rotatable bonds is 6. The lowest BCUT2D eigenvalue weighted by Gasteiger charge is -2.22. The normalized spacial score (nSPS) is 17.5. The first-order chi connectivity index (χ1) is 10.5. The molecule has 1 heterocycles. The molecule has 120 valence electrons. The van der Waals surface area contributed by atoms with E-state index in [0.717, 1.165) is 11.3 Å². The Morgan fingerprint density at radius 3 is 2.86 bits per heavy atom. The van der Waals surface area contributed by atoms with Gasteiger partial charge in [-0.05, 0) is 12.0 Å². The monoisotopic (exact) mass is 306 g/mol. The van der Waals surface area contributed by atoms with Crippen molar-refractivity contribution in [2.75, 3.05) is 20.3 Å². The average molecular weight is 306 g/mol. The van der Waals surface area contributed by atoms with Crippen molar-refractivity contribution in [2.45, 2.75) is 26.4 Å². The zero-order valence-corrected chi connectivity index (χ0v) is 13.2. The number of amides is 2. The number of ether oxygens (including phenoxy) is 2. The van der Waals surface area contributed by atoms with E-state index in [1.165, 1.54) is 4.90 Å². The maximum atomic E-state index is 12.3. The van der Waals surface area contributed by atoms with Crippen LogP contribution < -0.4 is 10.1 Å². The first-order valence-electron chi connectivity index (χ1n) is 7.36. The van der Waals surface area contributed by atoms with Crippen LogP contribution in [-0.2, 0) is 16.1 Å². The molecule has 0 spiro atoms. The van der Waals surface area contributed by atoms with Gasteiger partial charge in [0.15, 0.2) is 0 Å². The lowest BCUT2D eigenvalue weighted by molar-refractivity contribution is -0.125. The first kappa shape index (κ1) is 16.1. The van der Waals surface area contributed by atoms with Gasteiger partial charge < -0.3 is 14.8 Å². The SMILES string of the molecule is COc1ccccc1CNC(=O)[C@@H]1COC(=O)N1CC(C)C. The van der Waals surface area contributed by atoms with Crippen LogP contribution in [0.5, 0.6) is 5.75 Å². The molecule has 1 atom stereocenters. The van der Waals surface area contributed by atoms with Crippen LogP contribution in [0.3, 0.4) is 0 Å². The van der Waals surface area contributed by atoms with E-state index in [1.54, 1.807) is 7.11 Å². The van der Waals surface area contributed by atoms with Crippen molar-refractivity contribution >= 4 is 12.0 Å². The molecule has 0 bridgehead atoms. The Bertz CT molecular complexity index is 545. The van der Waals surface area contributed by atoms with Gasteiger partial charge in [-0.3, -0.25) is 9.69 Å². The van der Waals surface area contributed by atoms with E-state index in [-0.39, 0.29) is 18.4 Å². The van der Waals surface area contributed by atoms with Crippen LogP contribution >= 0.6 is 0 Å². The van der Waals surface area contributed by atoms with E-state index in [4.69, 9.17) is 9.47 Å². The summed E-state index contributed by atoms with van der Waals surface area (Å²) in [5, 5.41) is 2.85. The minimum atomic E-state index is -0.565. The molecule has 1 N–H and O–H groups in total.